The molecule has 0 amide bonds. The quantitative estimate of drug-likeness (QED) is 0.700. The van der Waals surface area contributed by atoms with E-state index in [4.69, 9.17) is 4.74 Å². The Morgan fingerprint density at radius 1 is 1.16 bits per heavy atom. The summed E-state index contributed by atoms with van der Waals surface area (Å²) >= 11 is 0. The summed E-state index contributed by atoms with van der Waals surface area (Å²) in [6.45, 7) is 6.15. The Morgan fingerprint density at radius 3 is 2.72 bits per heavy atom. The molecule has 0 radical (unpaired) electrons. The zero-order chi connectivity index (χ0) is 17.2. The highest BCUT2D eigenvalue weighted by molar-refractivity contribution is 5.38. The van der Waals surface area contributed by atoms with Crippen molar-refractivity contribution in [2.45, 2.75) is 32.2 Å². The molecule has 25 heavy (non-hydrogen) atoms. The van der Waals surface area contributed by atoms with Crippen molar-refractivity contribution in [3.8, 4) is 5.88 Å². The van der Waals surface area contributed by atoms with Gasteiger partial charge in [-0.3, -0.25) is 4.68 Å². The molecule has 1 fully saturated rings. The average Bonchev–Trinajstić information content (AvgIpc) is 3.26. The summed E-state index contributed by atoms with van der Waals surface area (Å²) in [6, 6.07) is 3.71. The topological polar surface area (TPSA) is 73.4 Å². The third kappa shape index (κ3) is 3.34. The van der Waals surface area contributed by atoms with Gasteiger partial charge in [-0.1, -0.05) is 0 Å². The number of likely N-dealkylation sites (tertiary alicyclic amines) is 1. The molecule has 0 bridgehead atoms. The zero-order valence-corrected chi connectivity index (χ0v) is 14.7. The smallest absolute Gasteiger partial charge is 0.231 e. The summed E-state index contributed by atoms with van der Waals surface area (Å²) in [5.41, 5.74) is 1.98. The van der Waals surface area contributed by atoms with Crippen molar-refractivity contribution in [3.63, 3.8) is 0 Å². The summed E-state index contributed by atoms with van der Waals surface area (Å²) < 4.78 is 9.07. The molecule has 0 atom stereocenters. The number of rotatable bonds is 5. The van der Waals surface area contributed by atoms with Crippen molar-refractivity contribution in [2.24, 2.45) is 0 Å². The Balaban J connectivity index is 1.38. The lowest BCUT2D eigenvalue weighted by molar-refractivity contribution is 0.199. The Morgan fingerprint density at radius 2 is 2.00 bits per heavy atom. The normalized spacial score (nSPS) is 16.6. The lowest BCUT2D eigenvalue weighted by atomic mass is 9.96. The Kier molecular flexibility index (Phi) is 4.35. The van der Waals surface area contributed by atoms with E-state index in [1.54, 1.807) is 7.11 Å². The first-order valence-electron chi connectivity index (χ1n) is 8.70. The lowest BCUT2D eigenvalue weighted by Gasteiger charge is -2.30. The fourth-order valence-electron chi connectivity index (χ4n) is 3.40. The summed E-state index contributed by atoms with van der Waals surface area (Å²) in [5.74, 6) is 1.91. The van der Waals surface area contributed by atoms with Crippen LogP contribution in [0.5, 0.6) is 5.88 Å². The third-order valence-corrected chi connectivity index (χ3v) is 4.83. The van der Waals surface area contributed by atoms with Crippen molar-refractivity contribution >= 4 is 5.65 Å². The summed E-state index contributed by atoms with van der Waals surface area (Å²) in [6.07, 6.45) is 6.13. The molecule has 0 unspecified atom stereocenters. The largest absolute Gasteiger partial charge is 0.480 e. The molecule has 0 saturated carbocycles. The van der Waals surface area contributed by atoms with E-state index in [1.807, 2.05) is 27.5 Å². The van der Waals surface area contributed by atoms with Crippen LogP contribution in [-0.2, 0) is 6.54 Å². The number of piperidine rings is 1. The molecule has 1 aliphatic heterocycles. The van der Waals surface area contributed by atoms with Crippen molar-refractivity contribution in [1.82, 2.24) is 34.5 Å². The maximum absolute atomic E-state index is 5.22. The number of aryl methyl sites for hydroxylation is 1. The Hall–Kier alpha value is -2.48. The number of ether oxygens (including phenoxy) is 1. The molecular formula is C17H23N7O. The summed E-state index contributed by atoms with van der Waals surface area (Å²) in [7, 11) is 1.62. The molecule has 1 saturated heterocycles. The van der Waals surface area contributed by atoms with E-state index in [0.29, 0.717) is 11.8 Å². The van der Waals surface area contributed by atoms with Gasteiger partial charge in [0, 0.05) is 24.7 Å². The highest BCUT2D eigenvalue weighted by Crippen LogP contribution is 2.27. The predicted octanol–water partition coefficient (Wildman–Crippen LogP) is 1.52. The molecular weight excluding hydrogens is 318 g/mol. The maximum Gasteiger partial charge on any atom is 0.231 e. The van der Waals surface area contributed by atoms with Gasteiger partial charge in [0.25, 0.3) is 0 Å². The van der Waals surface area contributed by atoms with Crippen molar-refractivity contribution in [2.75, 3.05) is 26.7 Å². The standard InChI is InChI=1S/C17H23N7O/c1-13-11-18-23(12-13)10-9-22-7-5-14(6-8-22)17-20-19-15-3-4-16(25-2)21-24(15)17/h3-4,11-12,14H,5-10H2,1-2H3. The van der Waals surface area contributed by atoms with Gasteiger partial charge in [-0.25, -0.2) is 0 Å². The summed E-state index contributed by atoms with van der Waals surface area (Å²) in [5, 5.41) is 17.4. The molecule has 4 heterocycles. The Labute approximate surface area is 146 Å². The molecule has 4 rings (SSSR count). The first-order valence-corrected chi connectivity index (χ1v) is 8.70. The van der Waals surface area contributed by atoms with Gasteiger partial charge in [-0.2, -0.15) is 9.61 Å². The van der Waals surface area contributed by atoms with Gasteiger partial charge >= 0.3 is 0 Å². The van der Waals surface area contributed by atoms with E-state index >= 15 is 0 Å². The molecule has 3 aromatic rings. The first-order chi connectivity index (χ1) is 12.2. The van der Waals surface area contributed by atoms with Crippen LogP contribution in [0.15, 0.2) is 24.5 Å². The van der Waals surface area contributed by atoms with Crippen LogP contribution >= 0.6 is 0 Å². The first kappa shape index (κ1) is 16.0. The molecule has 0 aromatic carbocycles. The van der Waals surface area contributed by atoms with Crippen LogP contribution in [0.2, 0.25) is 0 Å². The van der Waals surface area contributed by atoms with Crippen molar-refractivity contribution < 1.29 is 4.74 Å². The second-order valence-electron chi connectivity index (χ2n) is 6.60. The van der Waals surface area contributed by atoms with Gasteiger partial charge in [0.05, 0.1) is 19.9 Å². The minimum absolute atomic E-state index is 0.387. The maximum atomic E-state index is 5.22. The molecule has 0 N–H and O–H groups in total. The van der Waals surface area contributed by atoms with Gasteiger partial charge in [0.1, 0.15) is 0 Å². The SMILES string of the molecule is COc1ccc2nnc(C3CCN(CCn4cc(C)cn4)CC3)n2n1. The van der Waals surface area contributed by atoms with Crippen LogP contribution in [0, 0.1) is 6.92 Å². The molecule has 0 spiro atoms. The van der Waals surface area contributed by atoms with Crippen LogP contribution in [0.25, 0.3) is 5.65 Å². The molecule has 8 nitrogen and oxygen atoms in total. The van der Waals surface area contributed by atoms with Crippen LogP contribution in [0.3, 0.4) is 0 Å². The highest BCUT2D eigenvalue weighted by atomic mass is 16.5. The summed E-state index contributed by atoms with van der Waals surface area (Å²) in [4.78, 5) is 2.49. The van der Waals surface area contributed by atoms with Crippen molar-refractivity contribution in [1.29, 1.82) is 0 Å². The second-order valence-corrected chi connectivity index (χ2v) is 6.60. The minimum atomic E-state index is 0.387. The number of fused-ring (bicyclic) bond motifs is 1. The number of hydrogen-bond donors (Lipinski definition) is 0. The van der Waals surface area contributed by atoms with Crippen LogP contribution in [-0.4, -0.2) is 61.2 Å². The second kappa shape index (κ2) is 6.79. The Bertz CT molecular complexity index is 848. The van der Waals surface area contributed by atoms with Crippen LogP contribution in [0.4, 0.5) is 0 Å². The number of nitrogens with zero attached hydrogens (tertiary/aromatic N) is 7. The molecule has 8 heteroatoms. The fraction of sp³-hybridized carbons (Fsp3) is 0.529. The van der Waals surface area contributed by atoms with Gasteiger partial charge in [0.15, 0.2) is 11.5 Å². The number of methoxy groups -OCH3 is 1. The van der Waals surface area contributed by atoms with E-state index in [9.17, 15) is 0 Å². The van der Waals surface area contributed by atoms with Crippen LogP contribution < -0.4 is 4.74 Å². The molecule has 132 valence electrons. The predicted molar refractivity (Wildman–Crippen MR) is 92.7 cm³/mol. The molecule has 1 aliphatic rings. The number of hydrogen-bond acceptors (Lipinski definition) is 6. The molecule has 0 aliphatic carbocycles. The average molecular weight is 341 g/mol. The van der Waals surface area contributed by atoms with E-state index in [1.165, 1.54) is 5.56 Å². The highest BCUT2D eigenvalue weighted by Gasteiger charge is 2.25. The third-order valence-electron chi connectivity index (χ3n) is 4.83. The van der Waals surface area contributed by atoms with Gasteiger partial charge < -0.3 is 9.64 Å². The van der Waals surface area contributed by atoms with E-state index in [-0.39, 0.29) is 0 Å². The van der Waals surface area contributed by atoms with Crippen LogP contribution in [0.1, 0.15) is 30.1 Å². The number of aromatic nitrogens is 6. The monoisotopic (exact) mass is 341 g/mol. The molecule has 3 aromatic heterocycles. The van der Waals surface area contributed by atoms with Crippen molar-refractivity contribution in [3.05, 3.63) is 35.9 Å². The fourth-order valence-corrected chi connectivity index (χ4v) is 3.40. The van der Waals surface area contributed by atoms with Gasteiger partial charge in [-0.15, -0.1) is 15.3 Å². The van der Waals surface area contributed by atoms with E-state index < -0.39 is 0 Å². The van der Waals surface area contributed by atoms with E-state index in [0.717, 1.165) is 50.5 Å². The zero-order valence-electron chi connectivity index (χ0n) is 14.7. The van der Waals surface area contributed by atoms with E-state index in [2.05, 4.69) is 38.4 Å². The lowest BCUT2D eigenvalue weighted by Crippen LogP contribution is -2.35. The minimum Gasteiger partial charge on any atom is -0.480 e. The van der Waals surface area contributed by atoms with Gasteiger partial charge in [-0.05, 0) is 44.5 Å². The van der Waals surface area contributed by atoms with Gasteiger partial charge in [0.2, 0.25) is 5.88 Å².